The van der Waals surface area contributed by atoms with Crippen molar-refractivity contribution in [2.75, 3.05) is 0 Å². The molecule has 2 N–H and O–H groups in total. The van der Waals surface area contributed by atoms with Crippen molar-refractivity contribution in [3.05, 3.63) is 24.0 Å². The average molecular weight is 472 g/mol. The van der Waals surface area contributed by atoms with Crippen LogP contribution < -0.4 is 0 Å². The Morgan fingerprint density at radius 2 is 1.82 bits per heavy atom. The first-order chi connectivity index (χ1) is 15.8. The van der Waals surface area contributed by atoms with Gasteiger partial charge in [-0.2, -0.15) is 5.26 Å². The number of ether oxygens (including phenoxy) is 1. The van der Waals surface area contributed by atoms with E-state index in [1.807, 2.05) is 13.8 Å². The fourth-order valence-corrected chi connectivity index (χ4v) is 7.62. The molecule has 0 aromatic rings. The SMILES string of the molecule is C=C(OC1C=C2CCC3C(CCC(C)(C(C)CC)C3(C)C#N)C2(C)CC1)[C@H](O)CC(O)C(C)C. The number of hydrogen-bond acceptors (Lipinski definition) is 4. The second-order valence-corrected chi connectivity index (χ2v) is 12.7. The molecule has 3 rings (SSSR count). The van der Waals surface area contributed by atoms with Crippen LogP contribution in [-0.4, -0.2) is 28.5 Å². The molecule has 2 saturated carbocycles. The van der Waals surface area contributed by atoms with Crippen molar-refractivity contribution in [3.8, 4) is 6.07 Å². The summed E-state index contributed by atoms with van der Waals surface area (Å²) in [6.07, 6.45) is 8.52. The molecule has 34 heavy (non-hydrogen) atoms. The number of nitrogens with zero attached hydrogens (tertiary/aromatic N) is 1. The van der Waals surface area contributed by atoms with Crippen LogP contribution in [0.4, 0.5) is 0 Å². The molecule has 0 aliphatic heterocycles. The maximum Gasteiger partial charge on any atom is 0.118 e. The lowest BCUT2D eigenvalue weighted by molar-refractivity contribution is -0.110. The van der Waals surface area contributed by atoms with Crippen LogP contribution in [0.2, 0.25) is 0 Å². The van der Waals surface area contributed by atoms with Gasteiger partial charge >= 0.3 is 0 Å². The molecule has 0 aromatic carbocycles. The molecular weight excluding hydrogens is 422 g/mol. The molecule has 3 aliphatic rings. The third-order valence-corrected chi connectivity index (χ3v) is 10.8. The highest BCUT2D eigenvalue weighted by molar-refractivity contribution is 5.28. The predicted molar refractivity (Wildman–Crippen MR) is 138 cm³/mol. The zero-order valence-corrected chi connectivity index (χ0v) is 22.7. The van der Waals surface area contributed by atoms with Crippen LogP contribution in [0, 0.1) is 51.2 Å². The second kappa shape index (κ2) is 9.98. The number of fused-ring (bicyclic) bond motifs is 3. The molecule has 0 heterocycles. The van der Waals surface area contributed by atoms with Crippen LogP contribution in [0.15, 0.2) is 24.0 Å². The summed E-state index contributed by atoms with van der Waals surface area (Å²) >= 11 is 0. The number of aliphatic hydroxyl groups excluding tert-OH is 2. The Balaban J connectivity index is 1.77. The lowest BCUT2D eigenvalue weighted by atomic mass is 9.40. The summed E-state index contributed by atoms with van der Waals surface area (Å²) in [5.41, 5.74) is 1.35. The van der Waals surface area contributed by atoms with Crippen LogP contribution in [0.1, 0.15) is 99.8 Å². The van der Waals surface area contributed by atoms with Crippen molar-refractivity contribution in [3.63, 3.8) is 0 Å². The van der Waals surface area contributed by atoms with Crippen molar-refractivity contribution < 1.29 is 14.9 Å². The lowest BCUT2D eigenvalue weighted by Crippen LogP contribution is -2.57. The van der Waals surface area contributed by atoms with E-state index in [9.17, 15) is 15.5 Å². The number of aliphatic hydroxyl groups is 2. The van der Waals surface area contributed by atoms with E-state index in [2.05, 4.69) is 53.3 Å². The van der Waals surface area contributed by atoms with Gasteiger partial charge in [0.1, 0.15) is 18.0 Å². The summed E-state index contributed by atoms with van der Waals surface area (Å²) in [5.74, 6) is 1.95. The highest BCUT2D eigenvalue weighted by Gasteiger charge is 2.62. The summed E-state index contributed by atoms with van der Waals surface area (Å²) in [5, 5.41) is 31.1. The normalized spacial score (nSPS) is 40.3. The Bertz CT molecular complexity index is 827. The van der Waals surface area contributed by atoms with Gasteiger partial charge < -0.3 is 14.9 Å². The highest BCUT2D eigenvalue weighted by atomic mass is 16.5. The van der Waals surface area contributed by atoms with Gasteiger partial charge in [0.2, 0.25) is 0 Å². The van der Waals surface area contributed by atoms with E-state index < -0.39 is 12.2 Å². The smallest absolute Gasteiger partial charge is 0.118 e. The number of hydrogen-bond donors (Lipinski definition) is 2. The Morgan fingerprint density at radius 1 is 1.15 bits per heavy atom. The molecule has 192 valence electrons. The first-order valence-electron chi connectivity index (χ1n) is 13.7. The zero-order valence-electron chi connectivity index (χ0n) is 22.7. The lowest BCUT2D eigenvalue weighted by Gasteiger charge is -2.62. The summed E-state index contributed by atoms with van der Waals surface area (Å²) in [6, 6.07) is 2.86. The highest BCUT2D eigenvalue weighted by Crippen LogP contribution is 2.67. The maximum absolute atomic E-state index is 10.5. The monoisotopic (exact) mass is 471 g/mol. The zero-order chi connectivity index (χ0) is 25.5. The van der Waals surface area contributed by atoms with Crippen molar-refractivity contribution in [2.45, 2.75) is 118 Å². The van der Waals surface area contributed by atoms with E-state index in [1.165, 1.54) is 12.0 Å². The van der Waals surface area contributed by atoms with Crippen LogP contribution in [0.5, 0.6) is 0 Å². The molecule has 9 atom stereocenters. The van der Waals surface area contributed by atoms with Crippen LogP contribution in [-0.2, 0) is 4.74 Å². The van der Waals surface area contributed by atoms with Crippen molar-refractivity contribution in [1.82, 2.24) is 0 Å². The first kappa shape index (κ1) is 27.3. The summed E-state index contributed by atoms with van der Waals surface area (Å²) in [6.45, 7) is 19.5. The minimum absolute atomic E-state index is 0.0595. The van der Waals surface area contributed by atoms with Crippen molar-refractivity contribution >= 4 is 0 Å². The van der Waals surface area contributed by atoms with Crippen LogP contribution >= 0.6 is 0 Å². The van der Waals surface area contributed by atoms with E-state index >= 15 is 0 Å². The van der Waals surface area contributed by atoms with Gasteiger partial charge in [-0.15, -0.1) is 0 Å². The molecule has 8 unspecified atom stereocenters. The van der Waals surface area contributed by atoms with Gasteiger partial charge in [-0.3, -0.25) is 0 Å². The standard InChI is InChI=1S/C30H49NO3/c1-9-20(4)29(7)15-13-24-25(30(29,8)18-31)11-10-22-16-23(12-14-28(22,24)6)34-21(5)27(33)17-26(32)19(2)3/h16,19-20,23-27,32-33H,5,9-15,17H2,1-4,6-8H3/t20?,23?,24?,25?,26?,27-,28?,29?,30?/m1/s1. The molecule has 0 aromatic heterocycles. The molecule has 0 amide bonds. The van der Waals surface area contributed by atoms with E-state index in [4.69, 9.17) is 4.74 Å². The summed E-state index contributed by atoms with van der Waals surface area (Å²) < 4.78 is 6.12. The van der Waals surface area contributed by atoms with Gasteiger partial charge in [0.25, 0.3) is 0 Å². The molecule has 0 saturated heterocycles. The van der Waals surface area contributed by atoms with E-state index in [0.717, 1.165) is 38.5 Å². The summed E-state index contributed by atoms with van der Waals surface area (Å²) in [7, 11) is 0. The molecule has 0 radical (unpaired) electrons. The maximum atomic E-state index is 10.5. The van der Waals surface area contributed by atoms with Crippen molar-refractivity contribution in [2.24, 2.45) is 39.9 Å². The Labute approximate surface area is 208 Å². The van der Waals surface area contributed by atoms with Crippen LogP contribution in [0.25, 0.3) is 0 Å². The fraction of sp³-hybridized carbons (Fsp3) is 0.833. The number of nitriles is 1. The predicted octanol–water partition coefficient (Wildman–Crippen LogP) is 6.78. The molecule has 3 aliphatic carbocycles. The molecular formula is C30H49NO3. The van der Waals surface area contributed by atoms with E-state index in [0.29, 0.717) is 23.5 Å². The Kier molecular flexibility index (Phi) is 8.01. The number of rotatable bonds is 8. The molecule has 0 spiro atoms. The topological polar surface area (TPSA) is 73.5 Å². The van der Waals surface area contributed by atoms with Gasteiger partial charge in [-0.1, -0.05) is 60.1 Å². The van der Waals surface area contributed by atoms with Gasteiger partial charge in [-0.25, -0.2) is 0 Å². The third-order valence-electron chi connectivity index (χ3n) is 10.8. The second-order valence-electron chi connectivity index (χ2n) is 12.7. The minimum atomic E-state index is -0.854. The molecule has 2 fully saturated rings. The third kappa shape index (κ3) is 4.48. The van der Waals surface area contributed by atoms with Crippen LogP contribution in [0.3, 0.4) is 0 Å². The molecule has 4 nitrogen and oxygen atoms in total. The quantitative estimate of drug-likeness (QED) is 0.302. The minimum Gasteiger partial charge on any atom is -0.489 e. The Hall–Kier alpha value is -1.31. The summed E-state index contributed by atoms with van der Waals surface area (Å²) in [4.78, 5) is 0. The van der Waals surface area contributed by atoms with E-state index in [1.54, 1.807) is 0 Å². The number of allylic oxidation sites excluding steroid dienone is 1. The van der Waals surface area contributed by atoms with Gasteiger partial charge in [0.15, 0.2) is 0 Å². The van der Waals surface area contributed by atoms with Crippen molar-refractivity contribution in [1.29, 1.82) is 5.26 Å². The average Bonchev–Trinajstić information content (AvgIpc) is 2.80. The van der Waals surface area contributed by atoms with E-state index in [-0.39, 0.29) is 34.7 Å². The molecule has 0 bridgehead atoms. The Morgan fingerprint density at radius 3 is 2.41 bits per heavy atom. The first-order valence-corrected chi connectivity index (χ1v) is 13.7. The largest absolute Gasteiger partial charge is 0.489 e. The van der Waals surface area contributed by atoms with Gasteiger partial charge in [0.05, 0.1) is 17.6 Å². The van der Waals surface area contributed by atoms with Gasteiger partial charge in [0, 0.05) is 6.42 Å². The van der Waals surface area contributed by atoms with Gasteiger partial charge in [-0.05, 0) is 86.0 Å². The molecule has 4 heteroatoms. The fourth-order valence-electron chi connectivity index (χ4n) is 7.62.